The molecule has 0 saturated heterocycles. The van der Waals surface area contributed by atoms with Crippen molar-refractivity contribution in [3.8, 4) is 6.07 Å². The van der Waals surface area contributed by atoms with Crippen molar-refractivity contribution in [2.75, 3.05) is 25.1 Å². The quantitative estimate of drug-likeness (QED) is 0.390. The molecule has 0 atom stereocenters. The molecule has 2 rings (SSSR count). The van der Waals surface area contributed by atoms with Crippen molar-refractivity contribution >= 4 is 39.9 Å². The molecule has 0 fully saturated rings. The molecule has 0 saturated carbocycles. The standard InChI is InChI=1S/C16H14FIN4O2/c17-13-7-10(18)1-4-14(13)22-16-12(3-2-11(8-20)21-16)15(23)9-24-6-5-19/h1-4,7H,5-6,9,19H2,(H,21,22). The minimum absolute atomic E-state index is 0.107. The first-order valence-corrected chi connectivity index (χ1v) is 8.07. The number of rotatable bonds is 7. The first-order valence-electron chi connectivity index (χ1n) is 6.99. The molecule has 2 aromatic rings. The van der Waals surface area contributed by atoms with Gasteiger partial charge in [0.15, 0.2) is 5.78 Å². The second-order valence-electron chi connectivity index (χ2n) is 4.72. The zero-order valence-corrected chi connectivity index (χ0v) is 14.7. The topological polar surface area (TPSA) is 101 Å². The number of pyridine rings is 1. The molecule has 1 heterocycles. The van der Waals surface area contributed by atoms with Crippen LogP contribution in [-0.2, 0) is 4.74 Å². The number of aromatic nitrogens is 1. The van der Waals surface area contributed by atoms with Crippen LogP contribution in [-0.4, -0.2) is 30.5 Å². The summed E-state index contributed by atoms with van der Waals surface area (Å²) < 4.78 is 19.9. The number of Topliss-reactive ketones (excluding diaryl/α,β-unsaturated/α-hetero) is 1. The molecule has 0 aliphatic rings. The highest BCUT2D eigenvalue weighted by Crippen LogP contribution is 2.23. The second-order valence-corrected chi connectivity index (χ2v) is 5.96. The Kier molecular flexibility index (Phi) is 6.60. The number of ether oxygens (including phenoxy) is 1. The minimum Gasteiger partial charge on any atom is -0.372 e. The lowest BCUT2D eigenvalue weighted by molar-refractivity contribution is 0.0774. The lowest BCUT2D eigenvalue weighted by atomic mass is 10.1. The molecule has 0 aliphatic heterocycles. The molecular weight excluding hydrogens is 426 g/mol. The van der Waals surface area contributed by atoms with Crippen LogP contribution in [0.4, 0.5) is 15.9 Å². The third-order valence-corrected chi connectivity index (χ3v) is 3.66. The Morgan fingerprint density at radius 1 is 1.42 bits per heavy atom. The van der Waals surface area contributed by atoms with E-state index in [1.54, 1.807) is 6.07 Å². The van der Waals surface area contributed by atoms with Gasteiger partial charge in [-0.05, 0) is 52.9 Å². The summed E-state index contributed by atoms with van der Waals surface area (Å²) in [4.78, 5) is 16.3. The maximum atomic E-state index is 14.0. The molecule has 0 spiro atoms. The van der Waals surface area contributed by atoms with E-state index in [1.807, 2.05) is 28.7 Å². The summed E-state index contributed by atoms with van der Waals surface area (Å²) in [5.74, 6) is -0.715. The van der Waals surface area contributed by atoms with Gasteiger partial charge >= 0.3 is 0 Å². The van der Waals surface area contributed by atoms with E-state index < -0.39 is 5.82 Å². The molecule has 0 bridgehead atoms. The van der Waals surface area contributed by atoms with Crippen LogP contribution in [0.5, 0.6) is 0 Å². The number of hydrogen-bond donors (Lipinski definition) is 2. The van der Waals surface area contributed by atoms with Crippen molar-refractivity contribution in [2.45, 2.75) is 0 Å². The molecule has 0 amide bonds. The van der Waals surface area contributed by atoms with Crippen LogP contribution >= 0.6 is 22.6 Å². The SMILES string of the molecule is N#Cc1ccc(C(=O)COCCN)c(Nc2ccc(I)cc2F)n1. The highest BCUT2D eigenvalue weighted by Gasteiger charge is 2.15. The molecular formula is C16H14FIN4O2. The number of ketones is 1. The third kappa shape index (κ3) is 4.70. The van der Waals surface area contributed by atoms with Crippen LogP contribution in [0.2, 0.25) is 0 Å². The van der Waals surface area contributed by atoms with Crippen LogP contribution in [0.15, 0.2) is 30.3 Å². The van der Waals surface area contributed by atoms with Gasteiger partial charge < -0.3 is 15.8 Å². The van der Waals surface area contributed by atoms with Crippen LogP contribution in [0, 0.1) is 20.7 Å². The lowest BCUT2D eigenvalue weighted by Crippen LogP contribution is -2.16. The summed E-state index contributed by atoms with van der Waals surface area (Å²) in [7, 11) is 0. The van der Waals surface area contributed by atoms with Crippen molar-refractivity contribution in [1.29, 1.82) is 5.26 Å². The van der Waals surface area contributed by atoms with E-state index in [9.17, 15) is 9.18 Å². The molecule has 8 heteroatoms. The number of carbonyl (C=O) groups is 1. The first kappa shape index (κ1) is 18.3. The van der Waals surface area contributed by atoms with Gasteiger partial charge in [0.05, 0.1) is 17.9 Å². The number of halogens is 2. The van der Waals surface area contributed by atoms with E-state index in [2.05, 4.69) is 10.3 Å². The molecule has 6 nitrogen and oxygen atoms in total. The molecule has 1 aromatic heterocycles. The van der Waals surface area contributed by atoms with Gasteiger partial charge in [0.2, 0.25) is 0 Å². The van der Waals surface area contributed by atoms with Crippen LogP contribution in [0.3, 0.4) is 0 Å². The summed E-state index contributed by atoms with van der Waals surface area (Å²) in [6.45, 7) is 0.385. The number of benzene rings is 1. The average Bonchev–Trinajstić information content (AvgIpc) is 2.57. The van der Waals surface area contributed by atoms with Gasteiger partial charge in [0.25, 0.3) is 0 Å². The molecule has 0 unspecified atom stereocenters. The summed E-state index contributed by atoms with van der Waals surface area (Å²) in [5.41, 5.74) is 5.80. The summed E-state index contributed by atoms with van der Waals surface area (Å²) in [5, 5.41) is 11.8. The van der Waals surface area contributed by atoms with E-state index in [0.29, 0.717) is 6.54 Å². The number of hydrogen-bond acceptors (Lipinski definition) is 6. The summed E-state index contributed by atoms with van der Waals surface area (Å²) in [6, 6.07) is 9.38. The molecule has 1 aromatic carbocycles. The molecule has 124 valence electrons. The first-order chi connectivity index (χ1) is 11.5. The average molecular weight is 440 g/mol. The van der Waals surface area contributed by atoms with Crippen LogP contribution in [0.25, 0.3) is 0 Å². The van der Waals surface area contributed by atoms with E-state index in [1.165, 1.54) is 24.3 Å². The van der Waals surface area contributed by atoms with Crippen molar-refractivity contribution in [1.82, 2.24) is 4.98 Å². The molecule has 0 aliphatic carbocycles. The van der Waals surface area contributed by atoms with Crippen molar-refractivity contribution in [2.24, 2.45) is 5.73 Å². The Morgan fingerprint density at radius 2 is 2.21 bits per heavy atom. The molecule has 24 heavy (non-hydrogen) atoms. The zero-order valence-electron chi connectivity index (χ0n) is 12.6. The van der Waals surface area contributed by atoms with Crippen LogP contribution < -0.4 is 11.1 Å². The number of nitrogens with one attached hydrogen (secondary N) is 1. The fourth-order valence-electron chi connectivity index (χ4n) is 1.89. The molecule has 3 N–H and O–H groups in total. The largest absolute Gasteiger partial charge is 0.372 e. The van der Waals surface area contributed by atoms with E-state index >= 15 is 0 Å². The predicted molar refractivity (Wildman–Crippen MR) is 95.6 cm³/mol. The minimum atomic E-state index is -0.483. The van der Waals surface area contributed by atoms with Crippen molar-refractivity contribution < 1.29 is 13.9 Å². The van der Waals surface area contributed by atoms with Gasteiger partial charge in [-0.2, -0.15) is 5.26 Å². The summed E-state index contributed by atoms with van der Waals surface area (Å²) in [6.07, 6.45) is 0. The Hall–Kier alpha value is -2.09. The van der Waals surface area contributed by atoms with E-state index in [0.717, 1.165) is 3.57 Å². The number of nitrogens with two attached hydrogens (primary N) is 1. The third-order valence-electron chi connectivity index (χ3n) is 2.99. The number of nitriles is 1. The van der Waals surface area contributed by atoms with E-state index in [4.69, 9.17) is 15.7 Å². The fraction of sp³-hybridized carbons (Fsp3) is 0.188. The van der Waals surface area contributed by atoms with Gasteiger partial charge in [-0.15, -0.1) is 0 Å². The smallest absolute Gasteiger partial charge is 0.192 e. The number of anilines is 2. The zero-order chi connectivity index (χ0) is 17.5. The van der Waals surface area contributed by atoms with Crippen molar-refractivity contribution in [3.05, 3.63) is 51.0 Å². The van der Waals surface area contributed by atoms with Gasteiger partial charge in [-0.1, -0.05) is 0 Å². The normalized spacial score (nSPS) is 10.2. The Labute approximate surface area is 152 Å². The Morgan fingerprint density at radius 3 is 2.88 bits per heavy atom. The van der Waals surface area contributed by atoms with E-state index in [-0.39, 0.29) is 41.8 Å². The Bertz CT molecular complexity index is 792. The van der Waals surface area contributed by atoms with Gasteiger partial charge in [-0.3, -0.25) is 4.79 Å². The second kappa shape index (κ2) is 8.68. The highest BCUT2D eigenvalue weighted by molar-refractivity contribution is 14.1. The van der Waals surface area contributed by atoms with Gasteiger partial charge in [0.1, 0.15) is 30.0 Å². The maximum absolute atomic E-state index is 14.0. The van der Waals surface area contributed by atoms with Gasteiger partial charge in [-0.25, -0.2) is 9.37 Å². The number of nitrogens with zero attached hydrogens (tertiary/aromatic N) is 2. The highest BCUT2D eigenvalue weighted by atomic mass is 127. The molecule has 0 radical (unpaired) electrons. The fourth-order valence-corrected chi connectivity index (χ4v) is 2.34. The van der Waals surface area contributed by atoms with Gasteiger partial charge in [0, 0.05) is 10.1 Å². The summed E-state index contributed by atoms with van der Waals surface area (Å²) >= 11 is 1.99. The lowest BCUT2D eigenvalue weighted by Gasteiger charge is -2.12. The maximum Gasteiger partial charge on any atom is 0.192 e. The number of carbonyl (C=O) groups excluding carboxylic acids is 1. The monoisotopic (exact) mass is 440 g/mol. The van der Waals surface area contributed by atoms with Crippen molar-refractivity contribution in [3.63, 3.8) is 0 Å². The predicted octanol–water partition coefficient (Wildman–Crippen LogP) is 2.60. The van der Waals surface area contributed by atoms with Crippen LogP contribution in [0.1, 0.15) is 16.1 Å². The Balaban J connectivity index is 2.32.